The summed E-state index contributed by atoms with van der Waals surface area (Å²) < 4.78 is 30.7. The summed E-state index contributed by atoms with van der Waals surface area (Å²) in [5.74, 6) is 0. The summed E-state index contributed by atoms with van der Waals surface area (Å²) in [5, 5.41) is 4.78. The second-order valence-electron chi connectivity index (χ2n) is 8.87. The van der Waals surface area contributed by atoms with Gasteiger partial charge in [-0.05, 0) is 30.4 Å². The number of rotatable bonds is 3. The van der Waals surface area contributed by atoms with Crippen LogP contribution >= 0.6 is 0 Å². The first-order chi connectivity index (χ1) is 12.8. The highest BCUT2D eigenvalue weighted by Gasteiger charge is 2.36. The van der Waals surface area contributed by atoms with Crippen LogP contribution in [0, 0.1) is 0 Å². The Labute approximate surface area is 162 Å². The Morgan fingerprint density at radius 1 is 1.07 bits per heavy atom. The standard InChI is InChI=1S/C21H29N3O2S/c1-21(2,3)20-19(15-24(22-20)18-10-6-7-11-18)27(25,26)23-13-12-16-8-4-5-9-17(16)14-23/h4-5,8-9,15,18H,6-7,10-14H2,1-3H3. The molecule has 2 aromatic rings. The summed E-state index contributed by atoms with van der Waals surface area (Å²) in [6, 6.07) is 8.46. The lowest BCUT2D eigenvalue weighted by atomic mass is 9.92. The SMILES string of the molecule is CC(C)(C)c1nn(C2CCCC2)cc1S(=O)(=O)N1CCc2ccccc2C1. The summed E-state index contributed by atoms with van der Waals surface area (Å²) in [4.78, 5) is 0.390. The fourth-order valence-corrected chi connectivity index (χ4v) is 6.00. The first-order valence-electron chi connectivity index (χ1n) is 9.93. The summed E-state index contributed by atoms with van der Waals surface area (Å²) in [7, 11) is -3.58. The van der Waals surface area contributed by atoms with Gasteiger partial charge in [0.15, 0.2) is 0 Å². The van der Waals surface area contributed by atoms with Gasteiger partial charge < -0.3 is 0 Å². The molecule has 2 heterocycles. The van der Waals surface area contributed by atoms with Crippen LogP contribution in [-0.2, 0) is 28.4 Å². The number of fused-ring (bicyclic) bond motifs is 1. The van der Waals surface area contributed by atoms with Gasteiger partial charge in [0.25, 0.3) is 0 Å². The van der Waals surface area contributed by atoms with E-state index in [2.05, 4.69) is 6.07 Å². The van der Waals surface area contributed by atoms with Crippen molar-refractivity contribution in [3.8, 4) is 0 Å². The van der Waals surface area contributed by atoms with Gasteiger partial charge in [0, 0.05) is 24.7 Å². The van der Waals surface area contributed by atoms with Gasteiger partial charge in [-0.15, -0.1) is 0 Å². The highest BCUT2D eigenvalue weighted by molar-refractivity contribution is 7.89. The number of hydrogen-bond donors (Lipinski definition) is 0. The molecule has 0 unspecified atom stereocenters. The van der Waals surface area contributed by atoms with Crippen LogP contribution in [0.25, 0.3) is 0 Å². The van der Waals surface area contributed by atoms with Crippen molar-refractivity contribution in [1.82, 2.24) is 14.1 Å². The molecule has 5 nitrogen and oxygen atoms in total. The molecule has 6 heteroatoms. The van der Waals surface area contributed by atoms with Crippen molar-refractivity contribution in [2.45, 2.75) is 75.8 Å². The van der Waals surface area contributed by atoms with Crippen LogP contribution in [0.2, 0.25) is 0 Å². The van der Waals surface area contributed by atoms with Crippen LogP contribution in [0.3, 0.4) is 0 Å². The maximum absolute atomic E-state index is 13.6. The van der Waals surface area contributed by atoms with Crippen molar-refractivity contribution in [3.63, 3.8) is 0 Å². The van der Waals surface area contributed by atoms with E-state index < -0.39 is 10.0 Å². The molecule has 2 aliphatic rings. The van der Waals surface area contributed by atoms with Gasteiger partial charge in [0.2, 0.25) is 10.0 Å². The molecule has 0 amide bonds. The minimum absolute atomic E-state index is 0.319. The van der Waals surface area contributed by atoms with Gasteiger partial charge in [-0.1, -0.05) is 57.9 Å². The average molecular weight is 388 g/mol. The molecular formula is C21H29N3O2S. The van der Waals surface area contributed by atoms with E-state index in [4.69, 9.17) is 5.10 Å². The lowest BCUT2D eigenvalue weighted by Crippen LogP contribution is -2.36. The Morgan fingerprint density at radius 2 is 1.74 bits per heavy atom. The molecule has 0 atom stereocenters. The predicted molar refractivity (Wildman–Crippen MR) is 106 cm³/mol. The summed E-state index contributed by atoms with van der Waals surface area (Å²) in [5.41, 5.74) is 2.72. The van der Waals surface area contributed by atoms with Crippen molar-refractivity contribution in [1.29, 1.82) is 0 Å². The number of benzene rings is 1. The lowest BCUT2D eigenvalue weighted by Gasteiger charge is -2.28. The normalized spacial score (nSPS) is 19.4. The largest absolute Gasteiger partial charge is 0.268 e. The Balaban J connectivity index is 1.73. The van der Waals surface area contributed by atoms with E-state index in [1.54, 1.807) is 10.5 Å². The quantitative estimate of drug-likeness (QED) is 0.799. The zero-order chi connectivity index (χ0) is 19.2. The fraction of sp³-hybridized carbons (Fsp3) is 0.571. The molecule has 1 aromatic carbocycles. The van der Waals surface area contributed by atoms with Crippen molar-refractivity contribution < 1.29 is 8.42 Å². The molecule has 1 fully saturated rings. The smallest absolute Gasteiger partial charge is 0.246 e. The van der Waals surface area contributed by atoms with E-state index in [1.165, 1.54) is 18.4 Å². The summed E-state index contributed by atoms with van der Waals surface area (Å²) in [6.45, 7) is 7.09. The minimum Gasteiger partial charge on any atom is -0.268 e. The first-order valence-corrected chi connectivity index (χ1v) is 11.4. The molecular weight excluding hydrogens is 358 g/mol. The van der Waals surface area contributed by atoms with Gasteiger partial charge in [-0.2, -0.15) is 9.40 Å². The van der Waals surface area contributed by atoms with E-state index in [9.17, 15) is 8.42 Å². The average Bonchev–Trinajstić information content (AvgIpc) is 3.30. The van der Waals surface area contributed by atoms with Crippen LogP contribution in [-0.4, -0.2) is 29.0 Å². The van der Waals surface area contributed by atoms with Crippen LogP contribution in [0.1, 0.15) is 69.3 Å². The molecule has 4 rings (SSSR count). The van der Waals surface area contributed by atoms with E-state index in [0.717, 1.165) is 24.8 Å². The topological polar surface area (TPSA) is 55.2 Å². The maximum Gasteiger partial charge on any atom is 0.246 e. The molecule has 27 heavy (non-hydrogen) atoms. The third-order valence-corrected chi connectivity index (χ3v) is 7.67. The highest BCUT2D eigenvalue weighted by atomic mass is 32.2. The minimum atomic E-state index is -3.58. The molecule has 0 N–H and O–H groups in total. The lowest BCUT2D eigenvalue weighted by molar-refractivity contribution is 0.389. The third-order valence-electron chi connectivity index (χ3n) is 5.82. The molecule has 1 aliphatic carbocycles. The number of aromatic nitrogens is 2. The fourth-order valence-electron chi connectivity index (χ4n) is 4.25. The van der Waals surface area contributed by atoms with E-state index in [1.807, 2.05) is 43.7 Å². The van der Waals surface area contributed by atoms with Crippen molar-refractivity contribution >= 4 is 10.0 Å². The Morgan fingerprint density at radius 3 is 2.41 bits per heavy atom. The van der Waals surface area contributed by atoms with Gasteiger partial charge in [-0.3, -0.25) is 4.68 Å². The monoisotopic (exact) mass is 387 g/mol. The van der Waals surface area contributed by atoms with Crippen molar-refractivity contribution in [3.05, 3.63) is 47.3 Å². The molecule has 1 aliphatic heterocycles. The Bertz CT molecular complexity index is 935. The molecule has 1 aromatic heterocycles. The van der Waals surface area contributed by atoms with Gasteiger partial charge in [0.1, 0.15) is 4.90 Å². The zero-order valence-corrected chi connectivity index (χ0v) is 17.3. The highest BCUT2D eigenvalue weighted by Crippen LogP contribution is 2.35. The number of sulfonamides is 1. The van der Waals surface area contributed by atoms with Gasteiger partial charge in [0.05, 0.1) is 11.7 Å². The van der Waals surface area contributed by atoms with Crippen LogP contribution in [0.15, 0.2) is 35.4 Å². The molecule has 146 valence electrons. The molecule has 0 saturated heterocycles. The van der Waals surface area contributed by atoms with E-state index in [0.29, 0.717) is 29.7 Å². The van der Waals surface area contributed by atoms with E-state index in [-0.39, 0.29) is 5.41 Å². The van der Waals surface area contributed by atoms with Crippen molar-refractivity contribution in [2.75, 3.05) is 6.54 Å². The van der Waals surface area contributed by atoms with Crippen molar-refractivity contribution in [2.24, 2.45) is 0 Å². The van der Waals surface area contributed by atoms with Crippen LogP contribution in [0.5, 0.6) is 0 Å². The Kier molecular flexibility index (Phi) is 4.67. The second-order valence-corrected chi connectivity index (χ2v) is 10.8. The summed E-state index contributed by atoms with van der Waals surface area (Å²) >= 11 is 0. The molecule has 0 bridgehead atoms. The van der Waals surface area contributed by atoms with Crippen LogP contribution in [0.4, 0.5) is 0 Å². The second kappa shape index (κ2) is 6.74. The van der Waals surface area contributed by atoms with Gasteiger partial charge >= 0.3 is 0 Å². The maximum atomic E-state index is 13.6. The van der Waals surface area contributed by atoms with E-state index >= 15 is 0 Å². The van der Waals surface area contributed by atoms with Gasteiger partial charge in [-0.25, -0.2) is 8.42 Å². The molecule has 0 radical (unpaired) electrons. The molecule has 1 saturated carbocycles. The Hall–Kier alpha value is -1.66. The third kappa shape index (κ3) is 3.45. The molecule has 0 spiro atoms. The number of nitrogens with zero attached hydrogens (tertiary/aromatic N) is 3. The predicted octanol–water partition coefficient (Wildman–Crippen LogP) is 4.04. The zero-order valence-electron chi connectivity index (χ0n) is 16.5. The van der Waals surface area contributed by atoms with Crippen LogP contribution < -0.4 is 0 Å². The number of hydrogen-bond acceptors (Lipinski definition) is 3. The summed E-state index contributed by atoms with van der Waals surface area (Å²) in [6.07, 6.45) is 7.12. The first kappa shape index (κ1) is 18.7.